The van der Waals surface area contributed by atoms with Crippen molar-refractivity contribution in [1.29, 1.82) is 0 Å². The summed E-state index contributed by atoms with van der Waals surface area (Å²) in [4.78, 5) is 0. The fraction of sp³-hybridized carbons (Fsp3) is 0. The Morgan fingerprint density at radius 3 is 1.03 bits per heavy atom. The number of rotatable bonds is 6. The van der Waals surface area contributed by atoms with Crippen LogP contribution in [0.3, 0.4) is 0 Å². The number of hydrogen-bond acceptors (Lipinski definition) is 0. The van der Waals surface area contributed by atoms with Gasteiger partial charge in [-0.05, 0) is 62.7 Å². The molecule has 0 atom stereocenters. The van der Waals surface area contributed by atoms with Crippen LogP contribution in [0.2, 0.25) is 0 Å². The molecule has 0 aliphatic heterocycles. The van der Waals surface area contributed by atoms with Crippen LogP contribution in [0.25, 0.3) is 23.3 Å². The van der Waals surface area contributed by atoms with Crippen molar-refractivity contribution in [3.8, 4) is 0 Å². The van der Waals surface area contributed by atoms with Crippen molar-refractivity contribution in [2.24, 2.45) is 0 Å². The first-order valence-corrected chi connectivity index (χ1v) is 11.6. The van der Waals surface area contributed by atoms with Crippen molar-refractivity contribution < 1.29 is 0 Å². The van der Waals surface area contributed by atoms with E-state index in [0.29, 0.717) is 0 Å². The Morgan fingerprint density at radius 2 is 0.647 bits per heavy atom. The van der Waals surface area contributed by atoms with Gasteiger partial charge in [0.1, 0.15) is 0 Å². The molecule has 0 N–H and O–H groups in total. The summed E-state index contributed by atoms with van der Waals surface area (Å²) >= 11 is 0. The minimum absolute atomic E-state index is 1.19. The highest BCUT2D eigenvalue weighted by Crippen LogP contribution is 2.31. The van der Waals surface area contributed by atoms with Gasteiger partial charge in [0.05, 0.1) is 0 Å². The third-order valence-corrected chi connectivity index (χ3v) is 5.88. The third-order valence-electron chi connectivity index (χ3n) is 5.88. The minimum atomic E-state index is 1.19. The fourth-order valence-electron chi connectivity index (χ4n) is 4.19. The molecule has 0 radical (unpaired) electrons. The molecule has 0 spiro atoms. The molecule has 34 heavy (non-hydrogen) atoms. The average molecular weight is 435 g/mol. The molecule has 162 valence electrons. The Bertz CT molecular complexity index is 1290. The van der Waals surface area contributed by atoms with Crippen molar-refractivity contribution in [3.63, 3.8) is 0 Å². The van der Waals surface area contributed by atoms with Crippen LogP contribution >= 0.6 is 0 Å². The third kappa shape index (κ3) is 5.14. The van der Waals surface area contributed by atoms with E-state index in [-0.39, 0.29) is 0 Å². The number of benzene rings is 5. The Kier molecular flexibility index (Phi) is 6.59. The highest BCUT2D eigenvalue weighted by atomic mass is 14.1. The van der Waals surface area contributed by atoms with E-state index in [1.54, 1.807) is 0 Å². The van der Waals surface area contributed by atoms with Gasteiger partial charge in [0.25, 0.3) is 0 Å². The topological polar surface area (TPSA) is 0 Å². The Hall–Kier alpha value is -4.42. The molecule has 0 bridgehead atoms. The van der Waals surface area contributed by atoms with E-state index in [2.05, 4.69) is 158 Å². The van der Waals surface area contributed by atoms with Crippen molar-refractivity contribution in [1.82, 2.24) is 0 Å². The molecule has 5 aromatic rings. The Labute approximate surface area is 202 Å². The van der Waals surface area contributed by atoms with Crippen molar-refractivity contribution in [2.45, 2.75) is 0 Å². The van der Waals surface area contributed by atoms with Gasteiger partial charge in [-0.25, -0.2) is 0 Å². The molecule has 0 saturated heterocycles. The lowest BCUT2D eigenvalue weighted by molar-refractivity contribution is 1.51. The van der Waals surface area contributed by atoms with Gasteiger partial charge in [-0.1, -0.05) is 140 Å². The smallest absolute Gasteiger partial charge is 0.0105 e. The maximum atomic E-state index is 2.31. The van der Waals surface area contributed by atoms with Crippen LogP contribution in [0.5, 0.6) is 0 Å². The zero-order valence-corrected chi connectivity index (χ0v) is 19.0. The normalized spacial score (nSPS) is 11.9. The lowest BCUT2D eigenvalue weighted by Crippen LogP contribution is -1.93. The zero-order valence-electron chi connectivity index (χ0n) is 19.0. The number of hydrogen-bond donors (Lipinski definition) is 0. The molecule has 5 aromatic carbocycles. The van der Waals surface area contributed by atoms with Crippen LogP contribution in [0.4, 0.5) is 0 Å². The molecule has 0 heteroatoms. The predicted octanol–water partition coefficient (Wildman–Crippen LogP) is 8.86. The second-order valence-electron chi connectivity index (χ2n) is 8.25. The van der Waals surface area contributed by atoms with Crippen LogP contribution in [0.1, 0.15) is 33.4 Å². The van der Waals surface area contributed by atoms with Gasteiger partial charge < -0.3 is 0 Å². The van der Waals surface area contributed by atoms with Gasteiger partial charge in [0, 0.05) is 0 Å². The summed E-state index contributed by atoms with van der Waals surface area (Å²) in [6, 6.07) is 51.2. The summed E-state index contributed by atoms with van der Waals surface area (Å²) in [6.45, 7) is 0. The second-order valence-corrected chi connectivity index (χ2v) is 8.25. The quantitative estimate of drug-likeness (QED) is 0.234. The highest BCUT2D eigenvalue weighted by Gasteiger charge is 2.10. The summed E-state index contributed by atoms with van der Waals surface area (Å²) < 4.78 is 0. The van der Waals surface area contributed by atoms with Gasteiger partial charge in [0.15, 0.2) is 0 Å². The summed E-state index contributed by atoms with van der Waals surface area (Å²) in [6.07, 6.45) is 4.55. The van der Waals surface area contributed by atoms with Gasteiger partial charge in [0.2, 0.25) is 0 Å². The summed E-state index contributed by atoms with van der Waals surface area (Å²) in [5.74, 6) is 0. The molecular formula is C34H26. The molecule has 0 heterocycles. The molecular weight excluding hydrogens is 408 g/mol. The molecule has 0 saturated carbocycles. The van der Waals surface area contributed by atoms with Crippen LogP contribution in [0.15, 0.2) is 146 Å². The molecule has 0 aliphatic carbocycles. The molecule has 0 nitrogen and oxygen atoms in total. The maximum absolute atomic E-state index is 2.31. The fourth-order valence-corrected chi connectivity index (χ4v) is 4.19. The summed E-state index contributed by atoms with van der Waals surface area (Å²) in [5, 5.41) is 0. The van der Waals surface area contributed by atoms with E-state index < -0.39 is 0 Å². The maximum Gasteiger partial charge on any atom is -0.0105 e. The monoisotopic (exact) mass is 434 g/mol. The molecule has 0 aromatic heterocycles. The van der Waals surface area contributed by atoms with Gasteiger partial charge >= 0.3 is 0 Å². The molecule has 0 aliphatic rings. The Balaban J connectivity index is 1.66. The van der Waals surface area contributed by atoms with Crippen LogP contribution in [0, 0.1) is 0 Å². The first kappa shape index (κ1) is 21.4. The largest absolute Gasteiger partial charge is 0.0622 e. The van der Waals surface area contributed by atoms with E-state index in [1.807, 2.05) is 0 Å². The van der Waals surface area contributed by atoms with Gasteiger partial charge in [-0.15, -0.1) is 0 Å². The molecule has 0 amide bonds. The molecule has 0 unspecified atom stereocenters. The lowest BCUT2D eigenvalue weighted by atomic mass is 9.90. The van der Waals surface area contributed by atoms with E-state index in [9.17, 15) is 0 Å². The van der Waals surface area contributed by atoms with Gasteiger partial charge in [-0.3, -0.25) is 0 Å². The average Bonchev–Trinajstić information content (AvgIpc) is 2.92. The van der Waals surface area contributed by atoms with Gasteiger partial charge in [-0.2, -0.15) is 0 Å². The second kappa shape index (κ2) is 10.5. The van der Waals surface area contributed by atoms with E-state index in [1.165, 1.54) is 44.5 Å². The van der Waals surface area contributed by atoms with E-state index in [0.717, 1.165) is 0 Å². The summed E-state index contributed by atoms with van der Waals surface area (Å²) in [5.41, 5.74) is 9.60. The standard InChI is InChI=1S/C34H26/c1-5-14-27(15-6-1)24-33(29-18-9-3-10-19-29)31-22-13-23-32(26-31)34(30-20-11-4-12-21-30)25-28-16-7-2-8-17-28/h1-26H/b33-24-,34-25+. The summed E-state index contributed by atoms with van der Waals surface area (Å²) in [7, 11) is 0. The van der Waals surface area contributed by atoms with E-state index >= 15 is 0 Å². The molecule has 5 rings (SSSR count). The molecule has 0 fully saturated rings. The van der Waals surface area contributed by atoms with Crippen LogP contribution in [-0.2, 0) is 0 Å². The first-order chi connectivity index (χ1) is 16.9. The minimum Gasteiger partial charge on any atom is -0.0622 e. The van der Waals surface area contributed by atoms with Crippen LogP contribution < -0.4 is 0 Å². The highest BCUT2D eigenvalue weighted by molar-refractivity contribution is 5.95. The van der Waals surface area contributed by atoms with E-state index in [4.69, 9.17) is 0 Å². The van der Waals surface area contributed by atoms with Crippen molar-refractivity contribution in [3.05, 3.63) is 179 Å². The Morgan fingerprint density at radius 1 is 0.324 bits per heavy atom. The zero-order chi connectivity index (χ0) is 23.0. The van der Waals surface area contributed by atoms with Crippen molar-refractivity contribution in [2.75, 3.05) is 0 Å². The first-order valence-electron chi connectivity index (χ1n) is 11.6. The lowest BCUT2D eigenvalue weighted by Gasteiger charge is -2.14. The predicted molar refractivity (Wildman–Crippen MR) is 146 cm³/mol. The van der Waals surface area contributed by atoms with Crippen LogP contribution in [-0.4, -0.2) is 0 Å². The SMILES string of the molecule is C(=C(\c1ccccc1)c1cccc(/C(=C/c2ccccc2)c2ccccc2)c1)/c1ccccc1. The van der Waals surface area contributed by atoms with Crippen molar-refractivity contribution >= 4 is 23.3 Å².